The molecule has 0 aliphatic rings. The van der Waals surface area contributed by atoms with E-state index in [9.17, 15) is 9.18 Å². The van der Waals surface area contributed by atoms with E-state index in [1.807, 2.05) is 37.3 Å². The van der Waals surface area contributed by atoms with Crippen molar-refractivity contribution in [1.82, 2.24) is 5.32 Å². The SMILES string of the molecule is C[C@H](OCCCNC(=O)c1ccc(Cl)cc1F)c1ccccc1. The molecule has 0 unspecified atom stereocenters. The monoisotopic (exact) mass is 335 g/mol. The number of rotatable bonds is 7. The van der Waals surface area contributed by atoms with Gasteiger partial charge in [-0.05, 0) is 37.1 Å². The van der Waals surface area contributed by atoms with Crippen LogP contribution in [0.1, 0.15) is 35.4 Å². The molecule has 23 heavy (non-hydrogen) atoms. The number of hydrogen-bond donors (Lipinski definition) is 1. The fourth-order valence-corrected chi connectivity index (χ4v) is 2.28. The second kappa shape index (κ2) is 8.65. The second-order valence-electron chi connectivity index (χ2n) is 5.16. The van der Waals surface area contributed by atoms with Gasteiger partial charge in [-0.2, -0.15) is 0 Å². The third-order valence-corrected chi connectivity index (χ3v) is 3.65. The standard InChI is InChI=1S/C18H19ClFNO2/c1-13(14-6-3-2-4-7-14)23-11-5-10-21-18(22)16-9-8-15(19)12-17(16)20/h2-4,6-9,12-13H,5,10-11H2,1H3,(H,21,22)/t13-/m0/s1. The van der Waals surface area contributed by atoms with Gasteiger partial charge in [0, 0.05) is 18.2 Å². The third-order valence-electron chi connectivity index (χ3n) is 3.42. The van der Waals surface area contributed by atoms with Crippen LogP contribution in [-0.2, 0) is 4.74 Å². The van der Waals surface area contributed by atoms with Crippen LogP contribution in [0.25, 0.3) is 0 Å². The molecule has 1 atom stereocenters. The molecule has 0 heterocycles. The van der Waals surface area contributed by atoms with Gasteiger partial charge < -0.3 is 10.1 Å². The molecule has 0 saturated carbocycles. The highest BCUT2D eigenvalue weighted by Crippen LogP contribution is 2.16. The van der Waals surface area contributed by atoms with Crippen LogP contribution in [0.5, 0.6) is 0 Å². The van der Waals surface area contributed by atoms with Crippen molar-refractivity contribution >= 4 is 17.5 Å². The van der Waals surface area contributed by atoms with Crippen LogP contribution in [0, 0.1) is 5.82 Å². The van der Waals surface area contributed by atoms with E-state index in [4.69, 9.17) is 16.3 Å². The zero-order valence-corrected chi connectivity index (χ0v) is 13.6. The lowest BCUT2D eigenvalue weighted by molar-refractivity contribution is 0.0634. The molecular formula is C18H19ClFNO2. The van der Waals surface area contributed by atoms with Crippen molar-refractivity contribution in [1.29, 1.82) is 0 Å². The molecule has 0 bridgehead atoms. The van der Waals surface area contributed by atoms with Gasteiger partial charge in [-0.25, -0.2) is 4.39 Å². The Morgan fingerprint density at radius 3 is 2.70 bits per heavy atom. The maximum absolute atomic E-state index is 13.6. The van der Waals surface area contributed by atoms with Crippen molar-refractivity contribution in [3.63, 3.8) is 0 Å². The van der Waals surface area contributed by atoms with Crippen molar-refractivity contribution in [2.24, 2.45) is 0 Å². The fourth-order valence-electron chi connectivity index (χ4n) is 2.12. The number of hydrogen-bond acceptors (Lipinski definition) is 2. The molecule has 5 heteroatoms. The Labute approximate surface area is 140 Å². The smallest absolute Gasteiger partial charge is 0.254 e. The molecule has 2 rings (SSSR count). The maximum Gasteiger partial charge on any atom is 0.254 e. The minimum Gasteiger partial charge on any atom is -0.374 e. The maximum atomic E-state index is 13.6. The van der Waals surface area contributed by atoms with E-state index in [0.29, 0.717) is 19.6 Å². The number of carbonyl (C=O) groups is 1. The first-order valence-corrected chi connectivity index (χ1v) is 7.85. The van der Waals surface area contributed by atoms with Crippen molar-refractivity contribution in [3.05, 3.63) is 70.5 Å². The zero-order valence-electron chi connectivity index (χ0n) is 12.9. The summed E-state index contributed by atoms with van der Waals surface area (Å²) in [6.07, 6.45) is 0.651. The average Bonchev–Trinajstić information content (AvgIpc) is 2.55. The van der Waals surface area contributed by atoms with Gasteiger partial charge in [-0.15, -0.1) is 0 Å². The number of carbonyl (C=O) groups excluding carboxylic acids is 1. The van der Waals surface area contributed by atoms with Gasteiger partial charge in [0.05, 0.1) is 11.7 Å². The highest BCUT2D eigenvalue weighted by molar-refractivity contribution is 6.30. The first kappa shape index (κ1) is 17.4. The lowest BCUT2D eigenvalue weighted by Gasteiger charge is -2.13. The Balaban J connectivity index is 1.70. The Morgan fingerprint density at radius 1 is 1.26 bits per heavy atom. The molecule has 3 nitrogen and oxygen atoms in total. The molecule has 1 N–H and O–H groups in total. The Kier molecular flexibility index (Phi) is 6.56. The summed E-state index contributed by atoms with van der Waals surface area (Å²) in [5.41, 5.74) is 1.10. The van der Waals surface area contributed by atoms with E-state index >= 15 is 0 Å². The quantitative estimate of drug-likeness (QED) is 0.763. The number of benzene rings is 2. The first-order chi connectivity index (χ1) is 11.1. The Morgan fingerprint density at radius 2 is 2.00 bits per heavy atom. The minimum absolute atomic E-state index is 0.000566. The van der Waals surface area contributed by atoms with Crippen LogP contribution in [0.2, 0.25) is 5.02 Å². The number of ether oxygens (including phenoxy) is 1. The molecule has 2 aromatic carbocycles. The summed E-state index contributed by atoms with van der Waals surface area (Å²) in [4.78, 5) is 11.9. The molecule has 0 aliphatic carbocycles. The van der Waals surface area contributed by atoms with Gasteiger partial charge in [0.25, 0.3) is 5.91 Å². The van der Waals surface area contributed by atoms with Gasteiger partial charge in [-0.1, -0.05) is 41.9 Å². The molecule has 0 spiro atoms. The normalized spacial score (nSPS) is 12.0. The summed E-state index contributed by atoms with van der Waals surface area (Å²) in [7, 11) is 0. The van der Waals surface area contributed by atoms with Crippen molar-refractivity contribution < 1.29 is 13.9 Å². The van der Waals surface area contributed by atoms with E-state index in [1.165, 1.54) is 12.1 Å². The minimum atomic E-state index is -0.621. The lowest BCUT2D eigenvalue weighted by Crippen LogP contribution is -2.26. The Bertz CT molecular complexity index is 649. The number of amides is 1. The van der Waals surface area contributed by atoms with Crippen LogP contribution in [0.4, 0.5) is 4.39 Å². The largest absolute Gasteiger partial charge is 0.374 e. The predicted octanol–water partition coefficient (Wildman–Crippen LogP) is 4.38. The molecule has 0 radical (unpaired) electrons. The van der Waals surface area contributed by atoms with E-state index < -0.39 is 11.7 Å². The summed E-state index contributed by atoms with van der Waals surface area (Å²) < 4.78 is 19.3. The number of nitrogens with one attached hydrogen (secondary N) is 1. The number of halogens is 2. The van der Waals surface area contributed by atoms with Crippen molar-refractivity contribution in [2.75, 3.05) is 13.2 Å². The fraction of sp³-hybridized carbons (Fsp3) is 0.278. The molecule has 0 aliphatic heterocycles. The van der Waals surface area contributed by atoms with Crippen LogP contribution in [-0.4, -0.2) is 19.1 Å². The lowest BCUT2D eigenvalue weighted by atomic mass is 10.1. The van der Waals surface area contributed by atoms with Gasteiger partial charge >= 0.3 is 0 Å². The summed E-state index contributed by atoms with van der Waals surface area (Å²) in [5, 5.41) is 2.94. The summed E-state index contributed by atoms with van der Waals surface area (Å²) in [6, 6.07) is 13.9. The highest BCUT2D eigenvalue weighted by atomic mass is 35.5. The molecular weight excluding hydrogens is 317 g/mol. The van der Waals surface area contributed by atoms with Gasteiger partial charge in [0.2, 0.25) is 0 Å². The molecule has 0 saturated heterocycles. The van der Waals surface area contributed by atoms with Crippen LogP contribution in [0.15, 0.2) is 48.5 Å². The molecule has 2 aromatic rings. The van der Waals surface area contributed by atoms with Crippen LogP contribution in [0.3, 0.4) is 0 Å². The van der Waals surface area contributed by atoms with Crippen molar-refractivity contribution in [3.8, 4) is 0 Å². The summed E-state index contributed by atoms with van der Waals surface area (Å²) in [6.45, 7) is 2.92. The summed E-state index contributed by atoms with van der Waals surface area (Å²) in [5.74, 6) is -1.07. The third kappa shape index (κ3) is 5.34. The highest BCUT2D eigenvalue weighted by Gasteiger charge is 2.11. The zero-order chi connectivity index (χ0) is 16.7. The van der Waals surface area contributed by atoms with E-state index in [1.54, 1.807) is 0 Å². The van der Waals surface area contributed by atoms with Gasteiger partial charge in [-0.3, -0.25) is 4.79 Å². The molecule has 1 amide bonds. The average molecular weight is 336 g/mol. The topological polar surface area (TPSA) is 38.3 Å². The Hall–Kier alpha value is -1.91. The second-order valence-corrected chi connectivity index (χ2v) is 5.59. The van der Waals surface area contributed by atoms with E-state index in [2.05, 4.69) is 5.32 Å². The van der Waals surface area contributed by atoms with Crippen LogP contribution < -0.4 is 5.32 Å². The van der Waals surface area contributed by atoms with E-state index in [-0.39, 0.29) is 16.7 Å². The first-order valence-electron chi connectivity index (χ1n) is 7.47. The van der Waals surface area contributed by atoms with Gasteiger partial charge in [0.1, 0.15) is 5.82 Å². The molecule has 0 aromatic heterocycles. The predicted molar refractivity (Wildman–Crippen MR) is 89.2 cm³/mol. The van der Waals surface area contributed by atoms with Crippen LogP contribution >= 0.6 is 11.6 Å². The van der Waals surface area contributed by atoms with Crippen molar-refractivity contribution in [2.45, 2.75) is 19.4 Å². The molecule has 0 fully saturated rings. The summed E-state index contributed by atoms with van der Waals surface area (Å²) >= 11 is 5.66. The van der Waals surface area contributed by atoms with E-state index in [0.717, 1.165) is 11.6 Å². The molecule has 122 valence electrons. The van der Waals surface area contributed by atoms with Gasteiger partial charge in [0.15, 0.2) is 0 Å².